The highest BCUT2D eigenvalue weighted by Gasteiger charge is 2.32. The fourth-order valence-electron chi connectivity index (χ4n) is 3.36. The maximum Gasteiger partial charge on any atom is 0.271 e. The number of ether oxygens (including phenoxy) is 1. The number of carbonyl (C=O) groups is 1. The summed E-state index contributed by atoms with van der Waals surface area (Å²) >= 11 is 0. The van der Waals surface area contributed by atoms with Gasteiger partial charge in [-0.1, -0.05) is 12.1 Å². The molecule has 0 saturated carbocycles. The van der Waals surface area contributed by atoms with E-state index >= 15 is 0 Å². The third-order valence-electron chi connectivity index (χ3n) is 4.77. The van der Waals surface area contributed by atoms with E-state index in [9.17, 15) is 13.2 Å². The van der Waals surface area contributed by atoms with Gasteiger partial charge in [0.2, 0.25) is 10.0 Å². The van der Waals surface area contributed by atoms with Crippen LogP contribution in [0.5, 0.6) is 5.75 Å². The molecular weight excluding hydrogens is 354 g/mol. The lowest BCUT2D eigenvalue weighted by Gasteiger charge is -2.25. The van der Waals surface area contributed by atoms with Crippen molar-refractivity contribution in [3.63, 3.8) is 0 Å². The largest absolute Gasteiger partial charge is 0.497 e. The SMILES string of the molecule is CNS(=O)(=O)c1cc(C(=O)N2CCC[C@@H]2c2cccc(OC)c2)n(C)c1. The Labute approximate surface area is 153 Å². The smallest absolute Gasteiger partial charge is 0.271 e. The third kappa shape index (κ3) is 3.34. The highest BCUT2D eigenvalue weighted by molar-refractivity contribution is 7.89. The zero-order valence-corrected chi connectivity index (χ0v) is 15.9. The van der Waals surface area contributed by atoms with Gasteiger partial charge in [-0.3, -0.25) is 4.79 Å². The number of carbonyl (C=O) groups excluding carboxylic acids is 1. The first-order chi connectivity index (χ1) is 12.4. The lowest BCUT2D eigenvalue weighted by atomic mass is 10.0. The second-order valence-electron chi connectivity index (χ2n) is 6.31. The summed E-state index contributed by atoms with van der Waals surface area (Å²) in [5.41, 5.74) is 1.38. The van der Waals surface area contributed by atoms with Crippen LogP contribution in [-0.2, 0) is 17.1 Å². The number of nitrogens with zero attached hydrogens (tertiary/aromatic N) is 2. The van der Waals surface area contributed by atoms with Crippen LogP contribution in [0.15, 0.2) is 41.4 Å². The zero-order valence-electron chi connectivity index (χ0n) is 15.1. The van der Waals surface area contributed by atoms with Crippen LogP contribution in [0.2, 0.25) is 0 Å². The number of sulfonamides is 1. The lowest BCUT2D eigenvalue weighted by Crippen LogP contribution is -2.31. The van der Waals surface area contributed by atoms with Crippen molar-refractivity contribution in [3.8, 4) is 5.75 Å². The molecule has 26 heavy (non-hydrogen) atoms. The van der Waals surface area contributed by atoms with Gasteiger partial charge in [0.15, 0.2) is 0 Å². The number of aryl methyl sites for hydroxylation is 1. The van der Waals surface area contributed by atoms with Crippen LogP contribution in [0.4, 0.5) is 0 Å². The van der Waals surface area contributed by atoms with Crippen molar-refractivity contribution in [1.29, 1.82) is 0 Å². The highest BCUT2D eigenvalue weighted by atomic mass is 32.2. The number of methoxy groups -OCH3 is 1. The molecule has 1 aromatic heterocycles. The predicted molar refractivity (Wildman–Crippen MR) is 97.7 cm³/mol. The van der Waals surface area contributed by atoms with Gasteiger partial charge < -0.3 is 14.2 Å². The molecule has 2 aromatic rings. The second-order valence-corrected chi connectivity index (χ2v) is 8.20. The summed E-state index contributed by atoms with van der Waals surface area (Å²) in [4.78, 5) is 15.0. The Balaban J connectivity index is 1.92. The number of benzene rings is 1. The number of nitrogens with one attached hydrogen (secondary N) is 1. The fourth-order valence-corrected chi connectivity index (χ4v) is 4.16. The summed E-state index contributed by atoms with van der Waals surface area (Å²) < 4.78 is 33.1. The maximum atomic E-state index is 13.1. The van der Waals surface area contributed by atoms with Gasteiger partial charge in [0.1, 0.15) is 16.3 Å². The number of amides is 1. The molecule has 0 spiro atoms. The van der Waals surface area contributed by atoms with E-state index in [0.717, 1.165) is 24.2 Å². The molecule has 140 valence electrons. The Bertz CT molecular complexity index is 920. The van der Waals surface area contributed by atoms with Crippen molar-refractivity contribution >= 4 is 15.9 Å². The molecule has 1 N–H and O–H groups in total. The Morgan fingerprint density at radius 1 is 1.31 bits per heavy atom. The number of likely N-dealkylation sites (tertiary alicyclic amines) is 1. The number of rotatable bonds is 5. The Hall–Kier alpha value is -2.32. The molecule has 0 bridgehead atoms. The van der Waals surface area contributed by atoms with Gasteiger partial charge in [0.25, 0.3) is 5.91 Å². The van der Waals surface area contributed by atoms with Crippen LogP contribution in [0.1, 0.15) is 34.9 Å². The number of hydrogen-bond donors (Lipinski definition) is 1. The molecule has 8 heteroatoms. The highest BCUT2D eigenvalue weighted by Crippen LogP contribution is 2.34. The van der Waals surface area contributed by atoms with Gasteiger partial charge in [-0.2, -0.15) is 0 Å². The van der Waals surface area contributed by atoms with E-state index in [4.69, 9.17) is 4.74 Å². The quantitative estimate of drug-likeness (QED) is 0.863. The molecule has 3 rings (SSSR count). The van der Waals surface area contributed by atoms with Crippen LogP contribution in [-0.4, -0.2) is 44.5 Å². The van der Waals surface area contributed by atoms with E-state index in [1.165, 1.54) is 19.3 Å². The van der Waals surface area contributed by atoms with Crippen molar-refractivity contribution in [3.05, 3.63) is 47.8 Å². The van der Waals surface area contributed by atoms with Crippen molar-refractivity contribution < 1.29 is 17.9 Å². The van der Waals surface area contributed by atoms with Gasteiger partial charge in [-0.15, -0.1) is 0 Å². The molecule has 0 aliphatic carbocycles. The van der Waals surface area contributed by atoms with Crippen LogP contribution in [0.3, 0.4) is 0 Å². The van der Waals surface area contributed by atoms with E-state index in [-0.39, 0.29) is 16.8 Å². The molecule has 1 amide bonds. The minimum absolute atomic E-state index is 0.0446. The molecule has 7 nitrogen and oxygen atoms in total. The molecule has 1 aliphatic rings. The minimum atomic E-state index is -3.59. The van der Waals surface area contributed by atoms with Gasteiger partial charge in [-0.05, 0) is 43.7 Å². The molecule has 0 unspecified atom stereocenters. The van der Waals surface area contributed by atoms with Gasteiger partial charge in [0.05, 0.1) is 13.2 Å². The lowest BCUT2D eigenvalue weighted by molar-refractivity contribution is 0.0725. The first-order valence-electron chi connectivity index (χ1n) is 8.42. The number of aromatic nitrogens is 1. The van der Waals surface area contributed by atoms with E-state index in [1.54, 1.807) is 23.6 Å². The summed E-state index contributed by atoms with van der Waals surface area (Å²) in [6, 6.07) is 9.09. The normalized spacial score (nSPS) is 17.5. The minimum Gasteiger partial charge on any atom is -0.497 e. The van der Waals surface area contributed by atoms with Crippen molar-refractivity contribution in [2.75, 3.05) is 20.7 Å². The van der Waals surface area contributed by atoms with Crippen LogP contribution >= 0.6 is 0 Å². The first kappa shape index (κ1) is 18.5. The molecule has 1 aromatic carbocycles. The standard InChI is InChI=1S/C18H23N3O4S/c1-19-26(23,24)15-11-17(20(2)12-15)18(22)21-9-5-8-16(21)13-6-4-7-14(10-13)25-3/h4,6-7,10-12,16,19H,5,8-9H2,1-3H3/t16-/m1/s1. The molecule has 1 saturated heterocycles. The van der Waals surface area contributed by atoms with E-state index in [1.807, 2.05) is 24.3 Å². The van der Waals surface area contributed by atoms with E-state index < -0.39 is 10.0 Å². The Kier molecular flexibility index (Phi) is 5.06. The number of hydrogen-bond acceptors (Lipinski definition) is 4. The fraction of sp³-hybridized carbons (Fsp3) is 0.389. The molecular formula is C18H23N3O4S. The maximum absolute atomic E-state index is 13.1. The topological polar surface area (TPSA) is 80.6 Å². The second kappa shape index (κ2) is 7.13. The Morgan fingerprint density at radius 3 is 2.77 bits per heavy atom. The van der Waals surface area contributed by atoms with Gasteiger partial charge in [-0.25, -0.2) is 13.1 Å². The molecule has 2 heterocycles. The van der Waals surface area contributed by atoms with Crippen molar-refractivity contribution in [2.45, 2.75) is 23.8 Å². The average Bonchev–Trinajstić information content (AvgIpc) is 3.28. The Morgan fingerprint density at radius 2 is 2.08 bits per heavy atom. The molecule has 1 fully saturated rings. The van der Waals surface area contributed by atoms with E-state index in [2.05, 4.69) is 4.72 Å². The van der Waals surface area contributed by atoms with Crippen molar-refractivity contribution in [1.82, 2.24) is 14.2 Å². The predicted octanol–water partition coefficient (Wildman–Crippen LogP) is 1.92. The molecule has 1 atom stereocenters. The van der Waals surface area contributed by atoms with E-state index in [0.29, 0.717) is 12.2 Å². The molecule has 1 aliphatic heterocycles. The summed E-state index contributed by atoms with van der Waals surface area (Å²) in [6.07, 6.45) is 3.22. The van der Waals surface area contributed by atoms with Gasteiger partial charge in [0, 0.05) is 19.8 Å². The monoisotopic (exact) mass is 377 g/mol. The van der Waals surface area contributed by atoms with Crippen LogP contribution < -0.4 is 9.46 Å². The summed E-state index contributed by atoms with van der Waals surface area (Å²) in [5, 5.41) is 0. The average molecular weight is 377 g/mol. The molecule has 0 radical (unpaired) electrons. The van der Waals surface area contributed by atoms with Crippen LogP contribution in [0, 0.1) is 0 Å². The summed E-state index contributed by atoms with van der Waals surface area (Å²) in [5.74, 6) is 0.582. The summed E-state index contributed by atoms with van der Waals surface area (Å²) in [7, 11) is 1.06. The van der Waals surface area contributed by atoms with Crippen molar-refractivity contribution in [2.24, 2.45) is 7.05 Å². The zero-order chi connectivity index (χ0) is 18.9. The first-order valence-corrected chi connectivity index (χ1v) is 9.90. The third-order valence-corrected chi connectivity index (χ3v) is 6.15. The van der Waals surface area contributed by atoms with Gasteiger partial charge >= 0.3 is 0 Å². The summed E-state index contributed by atoms with van der Waals surface area (Å²) in [6.45, 7) is 0.639. The van der Waals surface area contributed by atoms with Crippen LogP contribution in [0.25, 0.3) is 0 Å².